The molecule has 6 nitrogen and oxygen atoms in total. The minimum atomic E-state index is -0.566. The van der Waals surface area contributed by atoms with Gasteiger partial charge in [-0.3, -0.25) is 4.79 Å². The number of rotatable bonds is 5. The summed E-state index contributed by atoms with van der Waals surface area (Å²) in [5.74, 6) is -0.883. The molecule has 9 heteroatoms. The fourth-order valence-electron chi connectivity index (χ4n) is 2.68. The van der Waals surface area contributed by atoms with E-state index in [4.69, 9.17) is 11.6 Å². The smallest absolute Gasteiger partial charge is 0.237 e. The Labute approximate surface area is 148 Å². The van der Waals surface area contributed by atoms with Crippen LogP contribution in [0.3, 0.4) is 0 Å². The van der Waals surface area contributed by atoms with Crippen LogP contribution in [0, 0.1) is 5.82 Å². The molecule has 128 valence electrons. The van der Waals surface area contributed by atoms with Gasteiger partial charge in [-0.05, 0) is 48.4 Å². The van der Waals surface area contributed by atoms with E-state index < -0.39 is 11.1 Å². The standard InChI is InChI=1S/C15H17ClFN5OS/c1-9(14(23)18-13-7-6-10(16)8-12(13)17)24-15-19-20-21-22(15)11-4-2-3-5-11/h6-9,11H,2-5H2,1H3,(H,18,23). The monoisotopic (exact) mass is 369 g/mol. The quantitative estimate of drug-likeness (QED) is 0.813. The van der Waals surface area contributed by atoms with Crippen molar-refractivity contribution in [2.24, 2.45) is 0 Å². The molecule has 1 aliphatic rings. The summed E-state index contributed by atoms with van der Waals surface area (Å²) < 4.78 is 15.6. The SMILES string of the molecule is CC(Sc1nnnn1C1CCCC1)C(=O)Nc1ccc(Cl)cc1F. The maximum absolute atomic E-state index is 13.8. The molecule has 2 aromatic rings. The molecule has 1 aromatic carbocycles. The molecule has 1 amide bonds. The first kappa shape index (κ1) is 17.2. The Morgan fingerprint density at radius 3 is 2.92 bits per heavy atom. The Bertz CT molecular complexity index is 734. The van der Waals surface area contributed by atoms with Gasteiger partial charge in [0.15, 0.2) is 0 Å². The predicted octanol–water partition coefficient (Wildman–Crippen LogP) is 3.70. The maximum Gasteiger partial charge on any atom is 0.237 e. The summed E-state index contributed by atoms with van der Waals surface area (Å²) in [7, 11) is 0. The molecule has 0 bridgehead atoms. The van der Waals surface area contributed by atoms with Gasteiger partial charge in [0.25, 0.3) is 0 Å². The van der Waals surface area contributed by atoms with Gasteiger partial charge in [0.1, 0.15) is 5.82 Å². The lowest BCUT2D eigenvalue weighted by molar-refractivity contribution is -0.115. The van der Waals surface area contributed by atoms with E-state index in [2.05, 4.69) is 20.8 Å². The highest BCUT2D eigenvalue weighted by Gasteiger charge is 2.25. The number of hydrogen-bond donors (Lipinski definition) is 1. The van der Waals surface area contributed by atoms with Gasteiger partial charge in [0.05, 0.1) is 17.0 Å². The molecular formula is C15H17ClFN5OS. The zero-order valence-corrected chi connectivity index (χ0v) is 14.6. The fourth-order valence-corrected chi connectivity index (χ4v) is 3.70. The number of benzene rings is 1. The molecule has 24 heavy (non-hydrogen) atoms. The Kier molecular flexibility index (Phi) is 5.35. The van der Waals surface area contributed by atoms with E-state index in [1.165, 1.54) is 36.7 Å². The van der Waals surface area contributed by atoms with Crippen molar-refractivity contribution in [2.75, 3.05) is 5.32 Å². The van der Waals surface area contributed by atoms with E-state index in [0.29, 0.717) is 11.2 Å². The van der Waals surface area contributed by atoms with Gasteiger partial charge in [-0.15, -0.1) is 5.10 Å². The van der Waals surface area contributed by atoms with E-state index in [9.17, 15) is 9.18 Å². The minimum absolute atomic E-state index is 0.104. The molecule has 1 N–H and O–H groups in total. The molecule has 1 aromatic heterocycles. The van der Waals surface area contributed by atoms with Crippen molar-refractivity contribution in [1.82, 2.24) is 20.2 Å². The molecule has 1 aliphatic carbocycles. The van der Waals surface area contributed by atoms with Crippen molar-refractivity contribution in [2.45, 2.75) is 49.1 Å². The lowest BCUT2D eigenvalue weighted by Crippen LogP contribution is -2.23. The number of amides is 1. The van der Waals surface area contributed by atoms with Crippen molar-refractivity contribution < 1.29 is 9.18 Å². The average Bonchev–Trinajstić information content (AvgIpc) is 3.20. The van der Waals surface area contributed by atoms with Gasteiger partial charge in [0, 0.05) is 5.02 Å². The van der Waals surface area contributed by atoms with Crippen LogP contribution in [0.2, 0.25) is 5.02 Å². The van der Waals surface area contributed by atoms with Crippen LogP contribution < -0.4 is 5.32 Å². The Hall–Kier alpha value is -1.67. The highest BCUT2D eigenvalue weighted by molar-refractivity contribution is 8.00. The summed E-state index contributed by atoms with van der Waals surface area (Å²) in [6.45, 7) is 1.74. The number of anilines is 1. The molecule has 0 spiro atoms. The van der Waals surface area contributed by atoms with Crippen molar-refractivity contribution in [3.05, 3.63) is 29.0 Å². The third kappa shape index (κ3) is 3.87. The average molecular weight is 370 g/mol. The van der Waals surface area contributed by atoms with Gasteiger partial charge in [-0.1, -0.05) is 36.2 Å². The van der Waals surface area contributed by atoms with E-state index in [0.717, 1.165) is 18.9 Å². The van der Waals surface area contributed by atoms with Crippen LogP contribution in [0.4, 0.5) is 10.1 Å². The highest BCUT2D eigenvalue weighted by atomic mass is 35.5. The molecule has 0 aliphatic heterocycles. The van der Waals surface area contributed by atoms with Crippen LogP contribution in [0.25, 0.3) is 0 Å². The fraction of sp³-hybridized carbons (Fsp3) is 0.467. The molecule has 1 fully saturated rings. The zero-order valence-electron chi connectivity index (χ0n) is 13.1. The number of nitrogens with zero attached hydrogens (tertiary/aromatic N) is 4. The molecule has 1 heterocycles. The third-order valence-electron chi connectivity index (χ3n) is 3.97. The maximum atomic E-state index is 13.8. The van der Waals surface area contributed by atoms with E-state index >= 15 is 0 Å². The van der Waals surface area contributed by atoms with E-state index in [-0.39, 0.29) is 16.6 Å². The van der Waals surface area contributed by atoms with Crippen LogP contribution in [-0.2, 0) is 4.79 Å². The highest BCUT2D eigenvalue weighted by Crippen LogP contribution is 2.32. The molecule has 1 saturated carbocycles. The Morgan fingerprint density at radius 1 is 1.46 bits per heavy atom. The van der Waals surface area contributed by atoms with Gasteiger partial charge >= 0.3 is 0 Å². The van der Waals surface area contributed by atoms with Crippen molar-refractivity contribution in [1.29, 1.82) is 0 Å². The molecule has 1 unspecified atom stereocenters. The Balaban J connectivity index is 1.65. The summed E-state index contributed by atoms with van der Waals surface area (Å²) in [4.78, 5) is 12.3. The predicted molar refractivity (Wildman–Crippen MR) is 90.7 cm³/mol. The lowest BCUT2D eigenvalue weighted by Gasteiger charge is -2.14. The number of thioether (sulfide) groups is 1. The second kappa shape index (κ2) is 7.48. The summed E-state index contributed by atoms with van der Waals surface area (Å²) in [5.41, 5.74) is 0.104. The molecule has 3 rings (SSSR count). The second-order valence-corrected chi connectivity index (χ2v) is 7.46. The van der Waals surface area contributed by atoms with Gasteiger partial charge in [-0.25, -0.2) is 9.07 Å². The first-order valence-corrected chi connectivity index (χ1v) is 9.01. The molecule has 1 atom stereocenters. The summed E-state index contributed by atoms with van der Waals surface area (Å²) >= 11 is 6.98. The first-order chi connectivity index (χ1) is 11.5. The van der Waals surface area contributed by atoms with Crippen molar-refractivity contribution in [3.63, 3.8) is 0 Å². The number of halogens is 2. The van der Waals surface area contributed by atoms with Crippen LogP contribution in [-0.4, -0.2) is 31.4 Å². The third-order valence-corrected chi connectivity index (χ3v) is 5.26. The van der Waals surface area contributed by atoms with Crippen LogP contribution in [0.15, 0.2) is 23.4 Å². The zero-order chi connectivity index (χ0) is 17.1. The van der Waals surface area contributed by atoms with Gasteiger partial charge < -0.3 is 5.32 Å². The van der Waals surface area contributed by atoms with Crippen molar-refractivity contribution in [3.8, 4) is 0 Å². The lowest BCUT2D eigenvalue weighted by atomic mass is 10.3. The normalized spacial score (nSPS) is 16.3. The van der Waals surface area contributed by atoms with Gasteiger partial charge in [-0.2, -0.15) is 0 Å². The second-order valence-electron chi connectivity index (χ2n) is 5.72. The van der Waals surface area contributed by atoms with Crippen LogP contribution in [0.5, 0.6) is 0 Å². The van der Waals surface area contributed by atoms with Crippen molar-refractivity contribution >= 4 is 35.0 Å². The number of nitrogens with one attached hydrogen (secondary N) is 1. The number of carbonyl (C=O) groups excluding carboxylic acids is 1. The van der Waals surface area contributed by atoms with Gasteiger partial charge in [0.2, 0.25) is 11.1 Å². The summed E-state index contributed by atoms with van der Waals surface area (Å²) in [6, 6.07) is 4.43. The largest absolute Gasteiger partial charge is 0.323 e. The Morgan fingerprint density at radius 2 is 2.21 bits per heavy atom. The van der Waals surface area contributed by atoms with E-state index in [1.54, 1.807) is 11.6 Å². The number of hydrogen-bond acceptors (Lipinski definition) is 5. The minimum Gasteiger partial charge on any atom is -0.323 e. The van der Waals surface area contributed by atoms with E-state index in [1.807, 2.05) is 0 Å². The molecule has 0 saturated heterocycles. The number of tetrazole rings is 1. The van der Waals surface area contributed by atoms with Crippen LogP contribution in [0.1, 0.15) is 38.6 Å². The molecule has 0 radical (unpaired) electrons. The van der Waals surface area contributed by atoms with Crippen LogP contribution >= 0.6 is 23.4 Å². The number of carbonyl (C=O) groups is 1. The first-order valence-electron chi connectivity index (χ1n) is 7.75. The molecular weight excluding hydrogens is 353 g/mol. The summed E-state index contributed by atoms with van der Waals surface area (Å²) in [5, 5.41) is 14.8. The topological polar surface area (TPSA) is 72.7 Å². The number of aromatic nitrogens is 4. The summed E-state index contributed by atoms with van der Waals surface area (Å²) in [6.07, 6.45) is 4.44.